The maximum atomic E-state index is 11.4. The van der Waals surface area contributed by atoms with Crippen molar-refractivity contribution in [2.24, 2.45) is 5.73 Å². The van der Waals surface area contributed by atoms with Crippen molar-refractivity contribution in [3.8, 4) is 0 Å². The minimum atomic E-state index is -0.234. The topological polar surface area (TPSA) is 61.6 Å². The molecular formula is C14H30N4O. The standard InChI is InChI=1S/C14H30N4O/c1-5-7-16-12(13(15)19)6-8-18-10-9-17(4)14(2,3)11-18/h12,16H,5-11H2,1-4H3,(H2,15,19). The largest absolute Gasteiger partial charge is 0.368 e. The van der Waals surface area contributed by atoms with Crippen molar-refractivity contribution in [1.29, 1.82) is 0 Å². The number of hydrogen-bond donors (Lipinski definition) is 2. The number of piperazine rings is 1. The van der Waals surface area contributed by atoms with Crippen molar-refractivity contribution in [1.82, 2.24) is 15.1 Å². The van der Waals surface area contributed by atoms with Crippen LogP contribution in [0.25, 0.3) is 0 Å². The van der Waals surface area contributed by atoms with E-state index in [1.807, 2.05) is 0 Å². The Morgan fingerprint density at radius 2 is 2.11 bits per heavy atom. The van der Waals surface area contributed by atoms with Crippen LogP contribution in [0.3, 0.4) is 0 Å². The number of carbonyl (C=O) groups excluding carboxylic acids is 1. The quantitative estimate of drug-likeness (QED) is 0.696. The molecule has 1 atom stereocenters. The minimum absolute atomic E-state index is 0.192. The average molecular weight is 270 g/mol. The van der Waals surface area contributed by atoms with Crippen molar-refractivity contribution in [2.75, 3.05) is 39.8 Å². The SMILES string of the molecule is CCCNC(CCN1CCN(C)C(C)(C)C1)C(N)=O. The van der Waals surface area contributed by atoms with Crippen LogP contribution in [-0.4, -0.2) is 67.1 Å². The molecule has 0 aromatic rings. The van der Waals surface area contributed by atoms with Gasteiger partial charge in [0.2, 0.25) is 5.91 Å². The number of hydrogen-bond acceptors (Lipinski definition) is 4. The van der Waals surface area contributed by atoms with E-state index in [-0.39, 0.29) is 17.5 Å². The monoisotopic (exact) mass is 270 g/mol. The van der Waals surface area contributed by atoms with Crippen molar-refractivity contribution in [3.63, 3.8) is 0 Å². The normalized spacial score (nSPS) is 22.3. The van der Waals surface area contributed by atoms with Crippen LogP contribution in [0, 0.1) is 0 Å². The van der Waals surface area contributed by atoms with Crippen LogP contribution in [0.2, 0.25) is 0 Å². The van der Waals surface area contributed by atoms with E-state index in [0.29, 0.717) is 0 Å². The number of nitrogens with zero attached hydrogens (tertiary/aromatic N) is 2. The van der Waals surface area contributed by atoms with Crippen LogP contribution in [0.5, 0.6) is 0 Å². The highest BCUT2D eigenvalue weighted by molar-refractivity contribution is 5.79. The molecule has 1 rings (SSSR count). The summed E-state index contributed by atoms with van der Waals surface area (Å²) in [6.07, 6.45) is 1.82. The van der Waals surface area contributed by atoms with Crippen molar-refractivity contribution in [2.45, 2.75) is 45.2 Å². The molecule has 0 saturated carbocycles. The first-order valence-electron chi connectivity index (χ1n) is 7.33. The molecule has 1 unspecified atom stereocenters. The number of carbonyl (C=O) groups is 1. The molecule has 3 N–H and O–H groups in total. The van der Waals surface area contributed by atoms with Gasteiger partial charge in [-0.3, -0.25) is 9.69 Å². The fourth-order valence-electron chi connectivity index (χ4n) is 2.51. The fourth-order valence-corrected chi connectivity index (χ4v) is 2.51. The molecule has 1 heterocycles. The summed E-state index contributed by atoms with van der Waals surface area (Å²) in [4.78, 5) is 16.2. The first-order chi connectivity index (χ1) is 8.86. The molecule has 1 fully saturated rings. The Bertz CT molecular complexity index is 293. The lowest BCUT2D eigenvalue weighted by Crippen LogP contribution is -2.58. The second-order valence-corrected chi connectivity index (χ2v) is 6.21. The number of likely N-dealkylation sites (N-methyl/N-ethyl adjacent to an activating group) is 1. The van der Waals surface area contributed by atoms with Crippen LogP contribution in [0.4, 0.5) is 0 Å². The van der Waals surface area contributed by atoms with Gasteiger partial charge in [-0.1, -0.05) is 6.92 Å². The molecule has 1 amide bonds. The Morgan fingerprint density at radius 3 is 2.63 bits per heavy atom. The molecule has 19 heavy (non-hydrogen) atoms. The fraction of sp³-hybridized carbons (Fsp3) is 0.929. The summed E-state index contributed by atoms with van der Waals surface area (Å²) >= 11 is 0. The Balaban J connectivity index is 2.40. The van der Waals surface area contributed by atoms with Gasteiger partial charge in [0.15, 0.2) is 0 Å². The summed E-state index contributed by atoms with van der Waals surface area (Å²) in [6, 6.07) is -0.192. The third kappa shape index (κ3) is 5.09. The zero-order valence-electron chi connectivity index (χ0n) is 12.9. The molecule has 5 heteroatoms. The zero-order chi connectivity index (χ0) is 14.5. The summed E-state index contributed by atoms with van der Waals surface area (Å²) in [5.74, 6) is -0.234. The van der Waals surface area contributed by atoms with Gasteiger partial charge in [0, 0.05) is 31.7 Å². The van der Waals surface area contributed by atoms with E-state index >= 15 is 0 Å². The Labute approximate surface area is 117 Å². The Hall–Kier alpha value is -0.650. The summed E-state index contributed by atoms with van der Waals surface area (Å²) in [5, 5.41) is 3.23. The van der Waals surface area contributed by atoms with E-state index in [0.717, 1.165) is 45.6 Å². The highest BCUT2D eigenvalue weighted by Gasteiger charge is 2.31. The summed E-state index contributed by atoms with van der Waals surface area (Å²) in [5.41, 5.74) is 5.65. The molecule has 0 radical (unpaired) electrons. The lowest BCUT2D eigenvalue weighted by Gasteiger charge is -2.45. The third-order valence-electron chi connectivity index (χ3n) is 4.11. The molecule has 0 spiro atoms. The smallest absolute Gasteiger partial charge is 0.234 e. The number of nitrogens with one attached hydrogen (secondary N) is 1. The summed E-state index contributed by atoms with van der Waals surface area (Å²) in [7, 11) is 2.17. The van der Waals surface area contributed by atoms with Gasteiger partial charge >= 0.3 is 0 Å². The lowest BCUT2D eigenvalue weighted by atomic mass is 9.99. The van der Waals surface area contributed by atoms with Gasteiger partial charge in [0.1, 0.15) is 0 Å². The molecule has 0 aromatic carbocycles. The number of primary amides is 1. The molecule has 0 aliphatic carbocycles. The highest BCUT2D eigenvalue weighted by Crippen LogP contribution is 2.18. The van der Waals surface area contributed by atoms with Gasteiger partial charge in [0.25, 0.3) is 0 Å². The summed E-state index contributed by atoms with van der Waals surface area (Å²) in [6.45, 7) is 11.6. The minimum Gasteiger partial charge on any atom is -0.368 e. The van der Waals surface area contributed by atoms with E-state index in [9.17, 15) is 4.79 Å². The van der Waals surface area contributed by atoms with E-state index in [4.69, 9.17) is 5.73 Å². The van der Waals surface area contributed by atoms with Crippen LogP contribution < -0.4 is 11.1 Å². The van der Waals surface area contributed by atoms with Gasteiger partial charge in [-0.2, -0.15) is 0 Å². The predicted octanol–water partition coefficient (Wildman–Crippen LogP) is 0.256. The van der Waals surface area contributed by atoms with E-state index in [1.165, 1.54) is 0 Å². The van der Waals surface area contributed by atoms with Crippen LogP contribution in [0.1, 0.15) is 33.6 Å². The molecule has 0 bridgehead atoms. The van der Waals surface area contributed by atoms with Crippen LogP contribution in [0.15, 0.2) is 0 Å². The average Bonchev–Trinajstić information content (AvgIpc) is 2.33. The molecule has 1 aliphatic heterocycles. The zero-order valence-corrected chi connectivity index (χ0v) is 12.9. The van der Waals surface area contributed by atoms with Crippen molar-refractivity contribution >= 4 is 5.91 Å². The van der Waals surface area contributed by atoms with E-state index in [1.54, 1.807) is 0 Å². The van der Waals surface area contributed by atoms with Gasteiger partial charge < -0.3 is 16.0 Å². The van der Waals surface area contributed by atoms with Crippen LogP contribution >= 0.6 is 0 Å². The number of rotatable bonds is 7. The molecule has 5 nitrogen and oxygen atoms in total. The van der Waals surface area contributed by atoms with Crippen molar-refractivity contribution < 1.29 is 4.79 Å². The molecule has 112 valence electrons. The van der Waals surface area contributed by atoms with E-state index in [2.05, 4.69) is 42.9 Å². The maximum Gasteiger partial charge on any atom is 0.234 e. The molecular weight excluding hydrogens is 240 g/mol. The Morgan fingerprint density at radius 1 is 1.42 bits per heavy atom. The highest BCUT2D eigenvalue weighted by atomic mass is 16.1. The molecule has 1 aliphatic rings. The molecule has 0 aromatic heterocycles. The number of amides is 1. The van der Waals surface area contributed by atoms with E-state index < -0.39 is 0 Å². The van der Waals surface area contributed by atoms with Gasteiger partial charge in [-0.05, 0) is 40.3 Å². The van der Waals surface area contributed by atoms with Gasteiger partial charge in [-0.15, -0.1) is 0 Å². The predicted molar refractivity (Wildman–Crippen MR) is 79.0 cm³/mol. The first-order valence-corrected chi connectivity index (χ1v) is 7.33. The molecule has 1 saturated heterocycles. The summed E-state index contributed by atoms with van der Waals surface area (Å²) < 4.78 is 0. The number of nitrogens with two attached hydrogens (primary N) is 1. The first kappa shape index (κ1) is 16.4. The van der Waals surface area contributed by atoms with Crippen molar-refractivity contribution in [3.05, 3.63) is 0 Å². The second kappa shape index (κ2) is 7.22. The van der Waals surface area contributed by atoms with Gasteiger partial charge in [0.05, 0.1) is 6.04 Å². The third-order valence-corrected chi connectivity index (χ3v) is 4.11. The van der Waals surface area contributed by atoms with Crippen LogP contribution in [-0.2, 0) is 4.79 Å². The maximum absolute atomic E-state index is 11.4. The second-order valence-electron chi connectivity index (χ2n) is 6.21. The Kier molecular flexibility index (Phi) is 6.23. The van der Waals surface area contributed by atoms with Gasteiger partial charge in [-0.25, -0.2) is 0 Å². The lowest BCUT2D eigenvalue weighted by molar-refractivity contribution is -0.120.